The van der Waals surface area contributed by atoms with Gasteiger partial charge in [0.15, 0.2) is 0 Å². The number of rotatable bonds is 3. The molecule has 0 bridgehead atoms. The lowest BCUT2D eigenvalue weighted by molar-refractivity contribution is 0.0210. The summed E-state index contributed by atoms with van der Waals surface area (Å²) in [4.78, 5) is 28.4. The topological polar surface area (TPSA) is 85.2 Å². The van der Waals surface area contributed by atoms with E-state index in [-0.39, 0.29) is 18.2 Å². The summed E-state index contributed by atoms with van der Waals surface area (Å²) >= 11 is 6.13. The van der Waals surface area contributed by atoms with E-state index in [2.05, 4.69) is 25.9 Å². The fourth-order valence-electron chi connectivity index (χ4n) is 4.90. The summed E-state index contributed by atoms with van der Waals surface area (Å²) in [5, 5.41) is 4.12. The Morgan fingerprint density at radius 3 is 2.68 bits per heavy atom. The van der Waals surface area contributed by atoms with E-state index in [0.29, 0.717) is 18.2 Å². The first-order chi connectivity index (χ1) is 16.3. The van der Waals surface area contributed by atoms with E-state index in [1.165, 1.54) is 0 Å². The van der Waals surface area contributed by atoms with E-state index < -0.39 is 5.60 Å². The molecule has 180 valence electrons. The van der Waals surface area contributed by atoms with Gasteiger partial charge in [0.25, 0.3) is 0 Å². The van der Waals surface area contributed by atoms with Gasteiger partial charge in [-0.3, -0.25) is 4.98 Å². The zero-order valence-electron chi connectivity index (χ0n) is 19.9. The van der Waals surface area contributed by atoms with Crippen LogP contribution in [0.15, 0.2) is 30.5 Å². The highest BCUT2D eigenvalue weighted by Gasteiger charge is 2.31. The van der Waals surface area contributed by atoms with Crippen LogP contribution in [0, 0.1) is 0 Å². The number of piperidine rings is 1. The fraction of sp³-hybridized carbons (Fsp3) is 0.520. The molecule has 0 saturated carbocycles. The quantitative estimate of drug-likeness (QED) is 0.551. The molecule has 2 aliphatic rings. The Bertz CT molecular complexity index is 1200. The van der Waals surface area contributed by atoms with E-state index in [1.807, 2.05) is 39.0 Å². The lowest BCUT2D eigenvalue weighted by Gasteiger charge is -2.34. The number of benzene rings is 1. The number of halogens is 1. The summed E-state index contributed by atoms with van der Waals surface area (Å²) in [6, 6.07) is 8.46. The third-order valence-corrected chi connectivity index (χ3v) is 6.62. The normalized spacial score (nSPS) is 19.2. The molecule has 2 aromatic heterocycles. The van der Waals surface area contributed by atoms with Crippen molar-refractivity contribution in [2.45, 2.75) is 70.6 Å². The van der Waals surface area contributed by atoms with Crippen LogP contribution in [0.5, 0.6) is 0 Å². The van der Waals surface area contributed by atoms with Gasteiger partial charge in [-0.15, -0.1) is 0 Å². The van der Waals surface area contributed by atoms with Crippen molar-refractivity contribution in [3.05, 3.63) is 47.0 Å². The Balaban J connectivity index is 1.39. The number of imidazole rings is 1. The first-order valence-corrected chi connectivity index (χ1v) is 12.4. The van der Waals surface area contributed by atoms with Crippen molar-refractivity contribution in [2.24, 2.45) is 0 Å². The molecule has 1 aromatic carbocycles. The molecule has 1 fully saturated rings. The number of ether oxygens (including phenoxy) is 1. The van der Waals surface area contributed by atoms with E-state index in [0.717, 1.165) is 60.5 Å². The Kier molecular flexibility index (Phi) is 6.10. The average Bonchev–Trinajstić information content (AvgIpc) is 3.15. The molecule has 0 radical (unpaired) electrons. The highest BCUT2D eigenvalue weighted by atomic mass is 35.5. The van der Waals surface area contributed by atoms with Crippen molar-refractivity contribution in [1.82, 2.24) is 24.4 Å². The molecule has 3 aromatic rings. The summed E-state index contributed by atoms with van der Waals surface area (Å²) in [5.41, 5.74) is 3.48. The fourth-order valence-corrected chi connectivity index (χ4v) is 5.05. The molecule has 3 heterocycles. The van der Waals surface area contributed by atoms with Crippen molar-refractivity contribution in [3.8, 4) is 0 Å². The number of likely N-dealkylation sites (tertiary alicyclic amines) is 1. The minimum absolute atomic E-state index is 0.0465. The minimum Gasteiger partial charge on any atom is -0.444 e. The smallest absolute Gasteiger partial charge is 0.410 e. The number of amides is 1. The number of aryl methyl sites for hydroxylation is 1. The van der Waals surface area contributed by atoms with Crippen molar-refractivity contribution in [2.75, 3.05) is 18.4 Å². The number of carbonyl (C=O) groups excluding carboxylic acids is 1. The van der Waals surface area contributed by atoms with Gasteiger partial charge in [0, 0.05) is 19.1 Å². The third-order valence-electron chi connectivity index (χ3n) is 6.44. The summed E-state index contributed by atoms with van der Waals surface area (Å²) in [6.45, 7) is 6.99. The third kappa shape index (κ3) is 4.69. The van der Waals surface area contributed by atoms with E-state index in [9.17, 15) is 4.79 Å². The monoisotopic (exact) mass is 482 g/mol. The van der Waals surface area contributed by atoms with Crippen molar-refractivity contribution >= 4 is 34.7 Å². The summed E-state index contributed by atoms with van der Waals surface area (Å²) < 4.78 is 7.81. The molecule has 8 nitrogen and oxygen atoms in total. The van der Waals surface area contributed by atoms with Crippen molar-refractivity contribution in [1.29, 1.82) is 0 Å². The molecule has 0 spiro atoms. The number of para-hydroxylation sites is 2. The number of aromatic nitrogens is 4. The van der Waals surface area contributed by atoms with E-state index in [4.69, 9.17) is 21.3 Å². The van der Waals surface area contributed by atoms with Crippen molar-refractivity contribution < 1.29 is 9.53 Å². The Hall–Kier alpha value is -2.87. The van der Waals surface area contributed by atoms with Gasteiger partial charge < -0.3 is 19.5 Å². The van der Waals surface area contributed by atoms with E-state index in [1.54, 1.807) is 11.1 Å². The second-order valence-electron chi connectivity index (χ2n) is 10.1. The molecule has 1 atom stereocenters. The van der Waals surface area contributed by atoms with Crippen molar-refractivity contribution in [3.63, 3.8) is 0 Å². The van der Waals surface area contributed by atoms with Crippen LogP contribution in [0.4, 0.5) is 10.7 Å². The molecule has 1 unspecified atom stereocenters. The largest absolute Gasteiger partial charge is 0.444 e. The Labute approximate surface area is 204 Å². The number of carbonyl (C=O) groups is 1. The van der Waals surface area contributed by atoms with Crippen LogP contribution in [0.25, 0.3) is 11.0 Å². The SMILES string of the molecule is CC(C)(C)OC(=O)N1CCC(Nc2nc3ccccc3n2C2CCCc3nc(Cl)cnc32)CC1. The number of hydrogen-bond donors (Lipinski definition) is 1. The number of fused-ring (bicyclic) bond motifs is 2. The zero-order chi connectivity index (χ0) is 23.9. The van der Waals surface area contributed by atoms with Gasteiger partial charge in [-0.05, 0) is 65.0 Å². The van der Waals surface area contributed by atoms with Crippen LogP contribution < -0.4 is 5.32 Å². The molecule has 1 saturated heterocycles. The molecule has 1 aliphatic carbocycles. The first kappa shape index (κ1) is 22.9. The highest BCUT2D eigenvalue weighted by Crippen LogP contribution is 2.36. The van der Waals surface area contributed by atoms with Gasteiger partial charge >= 0.3 is 6.09 Å². The lowest BCUT2D eigenvalue weighted by atomic mass is 9.95. The van der Waals surface area contributed by atoms with Gasteiger partial charge in [-0.1, -0.05) is 23.7 Å². The molecule has 1 amide bonds. The second-order valence-corrected chi connectivity index (χ2v) is 10.5. The van der Waals surface area contributed by atoms with Gasteiger partial charge in [0.05, 0.1) is 34.7 Å². The molecule has 1 N–H and O–H groups in total. The minimum atomic E-state index is -0.486. The molecular weight excluding hydrogens is 452 g/mol. The van der Waals surface area contributed by atoms with Crippen LogP contribution in [-0.2, 0) is 11.2 Å². The van der Waals surface area contributed by atoms with Crippen LogP contribution in [0.1, 0.15) is 63.9 Å². The number of anilines is 1. The molecular formula is C25H31ClN6O2. The number of nitrogens with one attached hydrogen (secondary N) is 1. The highest BCUT2D eigenvalue weighted by molar-refractivity contribution is 6.29. The van der Waals surface area contributed by atoms with Crippen LogP contribution >= 0.6 is 11.6 Å². The second kappa shape index (κ2) is 9.06. The van der Waals surface area contributed by atoms with Gasteiger partial charge in [0.1, 0.15) is 10.8 Å². The summed E-state index contributed by atoms with van der Waals surface area (Å²) in [6.07, 6.45) is 5.93. The molecule has 1 aliphatic heterocycles. The van der Waals surface area contributed by atoms with E-state index >= 15 is 0 Å². The van der Waals surface area contributed by atoms with Crippen LogP contribution in [0.2, 0.25) is 5.15 Å². The summed E-state index contributed by atoms with van der Waals surface area (Å²) in [7, 11) is 0. The van der Waals surface area contributed by atoms with Crippen LogP contribution in [0.3, 0.4) is 0 Å². The Morgan fingerprint density at radius 1 is 1.15 bits per heavy atom. The number of hydrogen-bond acceptors (Lipinski definition) is 6. The molecule has 9 heteroatoms. The maximum Gasteiger partial charge on any atom is 0.410 e. The van der Waals surface area contributed by atoms with Gasteiger partial charge in [-0.2, -0.15) is 0 Å². The number of nitrogens with zero attached hydrogens (tertiary/aromatic N) is 5. The Morgan fingerprint density at radius 2 is 1.91 bits per heavy atom. The standard InChI is InChI=1S/C25H31ClN6O2/c1-25(2,3)34-24(33)31-13-11-16(12-14-31)28-23-30-17-7-4-5-9-19(17)32(23)20-10-6-8-18-22(20)27-15-21(26)29-18/h4-5,7,9,15-16,20H,6,8,10-14H2,1-3H3,(H,28,30). The van der Waals surface area contributed by atoms with Gasteiger partial charge in [0.2, 0.25) is 5.95 Å². The maximum atomic E-state index is 12.4. The van der Waals surface area contributed by atoms with Gasteiger partial charge in [-0.25, -0.2) is 14.8 Å². The maximum absolute atomic E-state index is 12.4. The van der Waals surface area contributed by atoms with Crippen LogP contribution in [-0.4, -0.2) is 55.2 Å². The molecule has 5 rings (SSSR count). The predicted molar refractivity (Wildman–Crippen MR) is 132 cm³/mol. The first-order valence-electron chi connectivity index (χ1n) is 12.0. The zero-order valence-corrected chi connectivity index (χ0v) is 20.7. The predicted octanol–water partition coefficient (Wildman–Crippen LogP) is 5.22. The average molecular weight is 483 g/mol. The summed E-state index contributed by atoms with van der Waals surface area (Å²) in [5.74, 6) is 0.839. The lowest BCUT2D eigenvalue weighted by Crippen LogP contribution is -2.44. The molecule has 34 heavy (non-hydrogen) atoms.